The van der Waals surface area contributed by atoms with Crippen LogP contribution in [0.5, 0.6) is 0 Å². The normalized spacial score (nSPS) is 10.4. The standard InChI is InChI=1S/C18H19N3O2S2/c1-2-11-19-17(23)14-7-3-4-8-15(14)20-18(24)21-16(22)10-9-13-6-5-12-25-13/h3-10,12H,2,11H2,1H3,(H,19,23)(H2,20,21,22,24). The van der Waals surface area contributed by atoms with Gasteiger partial charge in [-0.05, 0) is 48.3 Å². The summed E-state index contributed by atoms with van der Waals surface area (Å²) >= 11 is 6.69. The minimum absolute atomic E-state index is 0.136. The predicted molar refractivity (Wildman–Crippen MR) is 107 cm³/mol. The van der Waals surface area contributed by atoms with Crippen LogP contribution in [-0.2, 0) is 4.79 Å². The van der Waals surface area contributed by atoms with Crippen LogP contribution in [0.15, 0.2) is 47.9 Å². The first kappa shape index (κ1) is 18.8. The second kappa shape index (κ2) is 9.71. The maximum Gasteiger partial charge on any atom is 0.253 e. The third-order valence-corrected chi connectivity index (χ3v) is 4.18. The molecule has 2 amide bonds. The molecule has 0 unspecified atom stereocenters. The molecule has 0 spiro atoms. The van der Waals surface area contributed by atoms with Crippen LogP contribution in [0.2, 0.25) is 0 Å². The number of carbonyl (C=O) groups is 2. The summed E-state index contributed by atoms with van der Waals surface area (Å²) in [4.78, 5) is 25.0. The lowest BCUT2D eigenvalue weighted by atomic mass is 10.1. The molecular weight excluding hydrogens is 354 g/mol. The number of amides is 2. The van der Waals surface area contributed by atoms with Crippen molar-refractivity contribution >= 4 is 52.2 Å². The van der Waals surface area contributed by atoms with Crippen LogP contribution in [0.1, 0.15) is 28.6 Å². The van der Waals surface area contributed by atoms with Gasteiger partial charge in [0.2, 0.25) is 5.91 Å². The molecule has 7 heteroatoms. The highest BCUT2D eigenvalue weighted by molar-refractivity contribution is 7.80. The maximum absolute atomic E-state index is 12.2. The van der Waals surface area contributed by atoms with E-state index in [1.54, 1.807) is 30.3 Å². The number of anilines is 1. The Bertz CT molecular complexity index is 770. The van der Waals surface area contributed by atoms with Gasteiger partial charge in [-0.1, -0.05) is 25.1 Å². The summed E-state index contributed by atoms with van der Waals surface area (Å²) in [7, 11) is 0. The van der Waals surface area contributed by atoms with Gasteiger partial charge in [0.05, 0.1) is 11.3 Å². The summed E-state index contributed by atoms with van der Waals surface area (Å²) in [5.41, 5.74) is 1.02. The van der Waals surface area contributed by atoms with E-state index in [2.05, 4.69) is 16.0 Å². The van der Waals surface area contributed by atoms with E-state index in [1.807, 2.05) is 24.4 Å². The Balaban J connectivity index is 1.96. The molecule has 0 saturated heterocycles. The molecule has 1 aromatic carbocycles. The summed E-state index contributed by atoms with van der Waals surface area (Å²) in [5, 5.41) is 10.4. The van der Waals surface area contributed by atoms with Gasteiger partial charge in [-0.15, -0.1) is 11.3 Å². The smallest absolute Gasteiger partial charge is 0.253 e. The summed E-state index contributed by atoms with van der Waals surface area (Å²) in [6.45, 7) is 2.58. The number of hydrogen-bond donors (Lipinski definition) is 3. The molecule has 1 heterocycles. The third kappa shape index (κ3) is 6.13. The first-order valence-corrected chi connectivity index (χ1v) is 9.09. The molecule has 0 aliphatic carbocycles. The number of rotatable bonds is 6. The number of nitrogens with one attached hydrogen (secondary N) is 3. The summed E-state index contributed by atoms with van der Waals surface area (Å²) < 4.78 is 0. The van der Waals surface area contributed by atoms with E-state index >= 15 is 0 Å². The topological polar surface area (TPSA) is 70.2 Å². The largest absolute Gasteiger partial charge is 0.352 e. The van der Waals surface area contributed by atoms with Crippen molar-refractivity contribution in [3.63, 3.8) is 0 Å². The fourth-order valence-corrected chi connectivity index (χ4v) is 2.80. The van der Waals surface area contributed by atoms with Crippen molar-refractivity contribution in [3.05, 3.63) is 58.3 Å². The molecule has 0 aliphatic rings. The second-order valence-electron chi connectivity index (χ2n) is 5.09. The number of benzene rings is 1. The molecule has 5 nitrogen and oxygen atoms in total. The molecule has 2 rings (SSSR count). The van der Waals surface area contributed by atoms with Crippen molar-refractivity contribution in [2.45, 2.75) is 13.3 Å². The molecule has 0 aliphatic heterocycles. The molecule has 0 saturated carbocycles. The molecule has 0 bridgehead atoms. The number of para-hydroxylation sites is 1. The Morgan fingerprint density at radius 2 is 2.00 bits per heavy atom. The van der Waals surface area contributed by atoms with Gasteiger partial charge < -0.3 is 10.6 Å². The number of thiophene rings is 1. The van der Waals surface area contributed by atoms with Gasteiger partial charge in [-0.3, -0.25) is 14.9 Å². The molecule has 0 fully saturated rings. The van der Waals surface area contributed by atoms with Crippen molar-refractivity contribution in [1.29, 1.82) is 0 Å². The van der Waals surface area contributed by atoms with E-state index in [9.17, 15) is 9.59 Å². The molecule has 130 valence electrons. The quantitative estimate of drug-likeness (QED) is 0.536. The lowest BCUT2D eigenvalue weighted by molar-refractivity contribution is -0.115. The highest BCUT2D eigenvalue weighted by atomic mass is 32.1. The number of carbonyl (C=O) groups excluding carboxylic acids is 2. The van der Waals surface area contributed by atoms with Gasteiger partial charge in [0, 0.05) is 17.5 Å². The van der Waals surface area contributed by atoms with Crippen molar-refractivity contribution in [2.75, 3.05) is 11.9 Å². The zero-order valence-electron chi connectivity index (χ0n) is 13.7. The van der Waals surface area contributed by atoms with Crippen LogP contribution in [0.25, 0.3) is 6.08 Å². The van der Waals surface area contributed by atoms with E-state index < -0.39 is 0 Å². The maximum atomic E-state index is 12.2. The van der Waals surface area contributed by atoms with Gasteiger partial charge in [0.15, 0.2) is 5.11 Å². The third-order valence-electron chi connectivity index (χ3n) is 3.13. The fraction of sp³-hybridized carbons (Fsp3) is 0.167. The van der Waals surface area contributed by atoms with E-state index in [-0.39, 0.29) is 16.9 Å². The molecule has 0 atom stereocenters. The Kier molecular flexibility index (Phi) is 7.31. The van der Waals surface area contributed by atoms with Gasteiger partial charge in [-0.25, -0.2) is 0 Å². The van der Waals surface area contributed by atoms with Gasteiger partial charge in [0.1, 0.15) is 0 Å². The SMILES string of the molecule is CCCNC(=O)c1ccccc1NC(=S)NC(=O)C=Cc1cccs1. The Labute approximate surface area is 156 Å². The average molecular weight is 374 g/mol. The molecule has 25 heavy (non-hydrogen) atoms. The number of hydrogen-bond acceptors (Lipinski definition) is 4. The molecule has 2 aromatic rings. The summed E-state index contributed by atoms with van der Waals surface area (Å²) in [6, 6.07) is 10.8. The highest BCUT2D eigenvalue weighted by Gasteiger charge is 2.11. The summed E-state index contributed by atoms with van der Waals surface area (Å²) in [5.74, 6) is -0.518. The minimum atomic E-state index is -0.334. The lowest BCUT2D eigenvalue weighted by Gasteiger charge is -2.12. The predicted octanol–water partition coefficient (Wildman–Crippen LogP) is 3.41. The van der Waals surface area contributed by atoms with E-state index in [0.29, 0.717) is 17.8 Å². The van der Waals surface area contributed by atoms with Gasteiger partial charge >= 0.3 is 0 Å². The molecule has 0 radical (unpaired) electrons. The van der Waals surface area contributed by atoms with Crippen LogP contribution in [0, 0.1) is 0 Å². The zero-order valence-corrected chi connectivity index (χ0v) is 15.4. The Hall–Kier alpha value is -2.51. The average Bonchev–Trinajstić information content (AvgIpc) is 3.12. The van der Waals surface area contributed by atoms with Crippen LogP contribution in [0.4, 0.5) is 5.69 Å². The Morgan fingerprint density at radius 1 is 1.20 bits per heavy atom. The van der Waals surface area contributed by atoms with E-state index in [0.717, 1.165) is 11.3 Å². The van der Waals surface area contributed by atoms with E-state index in [4.69, 9.17) is 12.2 Å². The first-order chi connectivity index (χ1) is 12.1. The second-order valence-corrected chi connectivity index (χ2v) is 6.48. The molecule has 3 N–H and O–H groups in total. The minimum Gasteiger partial charge on any atom is -0.352 e. The van der Waals surface area contributed by atoms with Crippen LogP contribution < -0.4 is 16.0 Å². The van der Waals surface area contributed by atoms with E-state index in [1.165, 1.54) is 17.4 Å². The van der Waals surface area contributed by atoms with Crippen molar-refractivity contribution in [2.24, 2.45) is 0 Å². The van der Waals surface area contributed by atoms with Crippen LogP contribution in [-0.4, -0.2) is 23.5 Å². The fourth-order valence-electron chi connectivity index (χ4n) is 1.97. The summed E-state index contributed by atoms with van der Waals surface area (Å²) in [6.07, 6.45) is 3.99. The highest BCUT2D eigenvalue weighted by Crippen LogP contribution is 2.15. The van der Waals surface area contributed by atoms with Crippen LogP contribution in [0.3, 0.4) is 0 Å². The van der Waals surface area contributed by atoms with Gasteiger partial charge in [0.25, 0.3) is 5.91 Å². The molecule has 1 aromatic heterocycles. The van der Waals surface area contributed by atoms with Crippen molar-refractivity contribution in [1.82, 2.24) is 10.6 Å². The Morgan fingerprint density at radius 3 is 2.72 bits per heavy atom. The van der Waals surface area contributed by atoms with Crippen molar-refractivity contribution in [3.8, 4) is 0 Å². The zero-order chi connectivity index (χ0) is 18.1. The van der Waals surface area contributed by atoms with Gasteiger partial charge in [-0.2, -0.15) is 0 Å². The van der Waals surface area contributed by atoms with Crippen LogP contribution >= 0.6 is 23.6 Å². The lowest BCUT2D eigenvalue weighted by Crippen LogP contribution is -2.34. The monoisotopic (exact) mass is 373 g/mol. The molecular formula is C18H19N3O2S2. The number of thiocarbonyl (C=S) groups is 1. The first-order valence-electron chi connectivity index (χ1n) is 7.81. The van der Waals surface area contributed by atoms with Crippen molar-refractivity contribution < 1.29 is 9.59 Å².